The van der Waals surface area contributed by atoms with E-state index in [1.165, 1.54) is 0 Å². The van der Waals surface area contributed by atoms with Gasteiger partial charge in [0, 0.05) is 5.69 Å². The Bertz CT molecular complexity index is 289. The molecule has 0 fully saturated rings. The zero-order valence-corrected chi connectivity index (χ0v) is 10.6. The lowest BCUT2D eigenvalue weighted by Crippen LogP contribution is -2.06. The second-order valence-electron chi connectivity index (χ2n) is 2.98. The molecule has 1 aromatic rings. The first kappa shape index (κ1) is 10.9. The Morgan fingerprint density at radius 3 is 2.08 bits per heavy atom. The molecule has 0 spiro atoms. The molecule has 0 amide bonds. The summed E-state index contributed by atoms with van der Waals surface area (Å²) >= 11 is 6.78. The van der Waals surface area contributed by atoms with Gasteiger partial charge in [0.15, 0.2) is 0 Å². The Hall–Kier alpha value is -0.220. The summed E-state index contributed by atoms with van der Waals surface area (Å²) in [5.41, 5.74) is 6.35. The third-order valence-corrected chi connectivity index (χ3v) is 2.55. The average molecular weight is 309 g/mol. The molecule has 4 heteroatoms. The maximum atomic E-state index is 5.64. The molecule has 13 heavy (non-hydrogen) atoms. The van der Waals surface area contributed by atoms with Crippen LogP contribution in [0.4, 0.5) is 5.69 Å². The fourth-order valence-electron chi connectivity index (χ4n) is 0.928. The first-order valence-electron chi connectivity index (χ1n) is 3.92. The van der Waals surface area contributed by atoms with Crippen molar-refractivity contribution < 1.29 is 4.74 Å². The minimum atomic E-state index is 0.149. The van der Waals surface area contributed by atoms with Gasteiger partial charge < -0.3 is 10.5 Å². The van der Waals surface area contributed by atoms with E-state index in [-0.39, 0.29) is 6.10 Å². The van der Waals surface area contributed by atoms with Crippen LogP contribution >= 0.6 is 31.9 Å². The van der Waals surface area contributed by atoms with Gasteiger partial charge in [0.2, 0.25) is 0 Å². The monoisotopic (exact) mass is 307 g/mol. The number of nitrogens with two attached hydrogens (primary N) is 1. The van der Waals surface area contributed by atoms with Crippen molar-refractivity contribution in [3.63, 3.8) is 0 Å². The summed E-state index contributed by atoms with van der Waals surface area (Å²) in [5, 5.41) is 0. The highest BCUT2D eigenvalue weighted by Crippen LogP contribution is 2.36. The van der Waals surface area contributed by atoms with Crippen LogP contribution in [0.25, 0.3) is 0 Å². The van der Waals surface area contributed by atoms with Gasteiger partial charge in [-0.05, 0) is 57.8 Å². The Balaban J connectivity index is 3.06. The van der Waals surface area contributed by atoms with Crippen molar-refractivity contribution in [1.82, 2.24) is 0 Å². The summed E-state index contributed by atoms with van der Waals surface area (Å²) in [4.78, 5) is 0. The predicted octanol–water partition coefficient (Wildman–Crippen LogP) is 3.58. The van der Waals surface area contributed by atoms with Crippen LogP contribution in [0.1, 0.15) is 13.8 Å². The molecular formula is C9H11Br2NO. The van der Waals surface area contributed by atoms with Gasteiger partial charge in [-0.15, -0.1) is 0 Å². The zero-order chi connectivity index (χ0) is 10.0. The molecule has 0 aromatic heterocycles. The average Bonchev–Trinajstić information content (AvgIpc) is 1.96. The highest BCUT2D eigenvalue weighted by atomic mass is 79.9. The molecule has 1 rings (SSSR count). The van der Waals surface area contributed by atoms with E-state index in [2.05, 4.69) is 31.9 Å². The SMILES string of the molecule is CC(C)Oc1c(Br)cc(N)cc1Br. The second kappa shape index (κ2) is 4.33. The number of hydrogen-bond acceptors (Lipinski definition) is 2. The largest absolute Gasteiger partial charge is 0.489 e. The molecule has 0 unspecified atom stereocenters. The van der Waals surface area contributed by atoms with E-state index in [4.69, 9.17) is 10.5 Å². The Morgan fingerprint density at radius 2 is 1.69 bits per heavy atom. The summed E-state index contributed by atoms with van der Waals surface area (Å²) in [6, 6.07) is 3.64. The van der Waals surface area contributed by atoms with Crippen LogP contribution in [-0.4, -0.2) is 6.10 Å². The van der Waals surface area contributed by atoms with Crippen molar-refractivity contribution in [2.24, 2.45) is 0 Å². The summed E-state index contributed by atoms with van der Waals surface area (Å²) in [6.45, 7) is 3.96. The van der Waals surface area contributed by atoms with Gasteiger partial charge in [-0.2, -0.15) is 0 Å². The maximum Gasteiger partial charge on any atom is 0.148 e. The quantitative estimate of drug-likeness (QED) is 0.848. The number of rotatable bonds is 2. The first-order valence-corrected chi connectivity index (χ1v) is 5.50. The molecule has 0 atom stereocenters. The molecule has 0 bridgehead atoms. The van der Waals surface area contributed by atoms with Crippen molar-refractivity contribution in [2.75, 3.05) is 5.73 Å². The third-order valence-electron chi connectivity index (χ3n) is 1.37. The van der Waals surface area contributed by atoms with Crippen LogP contribution in [0, 0.1) is 0 Å². The summed E-state index contributed by atoms with van der Waals surface area (Å²) in [5.74, 6) is 0.796. The highest BCUT2D eigenvalue weighted by molar-refractivity contribution is 9.11. The van der Waals surface area contributed by atoms with E-state index in [0.717, 1.165) is 14.7 Å². The number of benzene rings is 1. The number of nitrogen functional groups attached to an aromatic ring is 1. The van der Waals surface area contributed by atoms with Gasteiger partial charge >= 0.3 is 0 Å². The molecular weight excluding hydrogens is 298 g/mol. The van der Waals surface area contributed by atoms with E-state index in [0.29, 0.717) is 5.69 Å². The lowest BCUT2D eigenvalue weighted by Gasteiger charge is -2.13. The van der Waals surface area contributed by atoms with E-state index in [9.17, 15) is 0 Å². The van der Waals surface area contributed by atoms with Gasteiger partial charge in [0.05, 0.1) is 15.0 Å². The summed E-state index contributed by atoms with van der Waals surface area (Å²) in [6.07, 6.45) is 0.149. The van der Waals surface area contributed by atoms with E-state index < -0.39 is 0 Å². The molecule has 0 aliphatic heterocycles. The lowest BCUT2D eigenvalue weighted by molar-refractivity contribution is 0.239. The van der Waals surface area contributed by atoms with Gasteiger partial charge in [-0.25, -0.2) is 0 Å². The molecule has 2 nitrogen and oxygen atoms in total. The fraction of sp³-hybridized carbons (Fsp3) is 0.333. The van der Waals surface area contributed by atoms with Crippen LogP contribution in [-0.2, 0) is 0 Å². The number of ether oxygens (including phenoxy) is 1. The molecule has 72 valence electrons. The van der Waals surface area contributed by atoms with E-state index in [1.54, 1.807) is 0 Å². The second-order valence-corrected chi connectivity index (χ2v) is 4.69. The van der Waals surface area contributed by atoms with Crippen LogP contribution in [0.15, 0.2) is 21.1 Å². The molecule has 0 aliphatic carbocycles. The Kier molecular flexibility index (Phi) is 3.62. The highest BCUT2D eigenvalue weighted by Gasteiger charge is 2.08. The lowest BCUT2D eigenvalue weighted by atomic mass is 10.3. The van der Waals surface area contributed by atoms with Crippen LogP contribution in [0.2, 0.25) is 0 Å². The molecule has 0 saturated heterocycles. The number of hydrogen-bond donors (Lipinski definition) is 1. The van der Waals surface area contributed by atoms with Crippen LogP contribution < -0.4 is 10.5 Å². The Morgan fingerprint density at radius 1 is 1.23 bits per heavy atom. The predicted molar refractivity (Wildman–Crippen MR) is 62.0 cm³/mol. The number of anilines is 1. The Labute approximate surface area is 94.7 Å². The minimum Gasteiger partial charge on any atom is -0.489 e. The number of halogens is 2. The van der Waals surface area contributed by atoms with E-state index >= 15 is 0 Å². The molecule has 0 heterocycles. The zero-order valence-electron chi connectivity index (χ0n) is 7.47. The normalized spacial score (nSPS) is 10.5. The van der Waals surface area contributed by atoms with Crippen LogP contribution in [0.5, 0.6) is 5.75 Å². The molecule has 0 radical (unpaired) electrons. The maximum absolute atomic E-state index is 5.64. The summed E-state index contributed by atoms with van der Waals surface area (Å²) in [7, 11) is 0. The molecule has 2 N–H and O–H groups in total. The molecule has 0 saturated carbocycles. The van der Waals surface area contributed by atoms with Crippen molar-refractivity contribution in [3.05, 3.63) is 21.1 Å². The van der Waals surface area contributed by atoms with Crippen LogP contribution in [0.3, 0.4) is 0 Å². The molecule has 1 aromatic carbocycles. The van der Waals surface area contributed by atoms with Crippen molar-refractivity contribution >= 4 is 37.5 Å². The van der Waals surface area contributed by atoms with Crippen molar-refractivity contribution in [2.45, 2.75) is 20.0 Å². The third kappa shape index (κ3) is 2.88. The smallest absolute Gasteiger partial charge is 0.148 e. The van der Waals surface area contributed by atoms with Crippen molar-refractivity contribution in [3.8, 4) is 5.75 Å². The molecule has 0 aliphatic rings. The first-order chi connectivity index (χ1) is 6.00. The summed E-state index contributed by atoms with van der Waals surface area (Å²) < 4.78 is 7.32. The van der Waals surface area contributed by atoms with Gasteiger partial charge in [-0.3, -0.25) is 0 Å². The van der Waals surface area contributed by atoms with Crippen molar-refractivity contribution in [1.29, 1.82) is 0 Å². The fourth-order valence-corrected chi connectivity index (χ4v) is 2.34. The topological polar surface area (TPSA) is 35.2 Å². The van der Waals surface area contributed by atoms with Gasteiger partial charge in [0.25, 0.3) is 0 Å². The minimum absolute atomic E-state index is 0.149. The van der Waals surface area contributed by atoms with Gasteiger partial charge in [0.1, 0.15) is 5.75 Å². The standard InChI is InChI=1S/C9H11Br2NO/c1-5(2)13-9-7(10)3-6(12)4-8(9)11/h3-5H,12H2,1-2H3. The van der Waals surface area contributed by atoms with E-state index in [1.807, 2.05) is 26.0 Å². The van der Waals surface area contributed by atoms with Gasteiger partial charge in [-0.1, -0.05) is 0 Å².